The Morgan fingerprint density at radius 1 is 1.69 bits per heavy atom. The molecule has 6 heteroatoms. The molecule has 0 atom stereocenters. The second-order valence-corrected chi connectivity index (χ2v) is 2.33. The molecule has 2 N–H and O–H groups in total. The van der Waals surface area contributed by atoms with Gasteiger partial charge in [-0.1, -0.05) is 0 Å². The molecule has 0 bridgehead atoms. The molecule has 0 spiro atoms. The summed E-state index contributed by atoms with van der Waals surface area (Å²) in [5.74, 6) is 4.47. The van der Waals surface area contributed by atoms with Gasteiger partial charge >= 0.3 is 51.4 Å². The maximum absolute atomic E-state index is 11.1. The first-order valence-electron chi connectivity index (χ1n) is 3.16. The molecule has 0 fully saturated rings. The average molecular weight is 203 g/mol. The van der Waals surface area contributed by atoms with Gasteiger partial charge in [0.15, 0.2) is 0 Å². The summed E-state index contributed by atoms with van der Waals surface area (Å²) in [6, 6.07) is 2.83. The predicted molar refractivity (Wildman–Crippen MR) is 39.8 cm³/mol. The van der Waals surface area contributed by atoms with Crippen molar-refractivity contribution in [3.05, 3.63) is 27.5 Å². The summed E-state index contributed by atoms with van der Waals surface area (Å²) >= 11 is 0. The van der Waals surface area contributed by atoms with Gasteiger partial charge in [0.1, 0.15) is 11.6 Å². The van der Waals surface area contributed by atoms with Crippen LogP contribution in [0.4, 0.5) is 0 Å². The molecule has 13 heavy (non-hydrogen) atoms. The number of nitrogens with zero attached hydrogens (tertiary/aromatic N) is 2. The van der Waals surface area contributed by atoms with Crippen molar-refractivity contribution in [2.45, 2.75) is 6.92 Å². The van der Waals surface area contributed by atoms with Gasteiger partial charge in [0, 0.05) is 0 Å². The number of aromatic nitrogens is 1. The third-order valence-corrected chi connectivity index (χ3v) is 1.52. The minimum atomic E-state index is -0.748. The van der Waals surface area contributed by atoms with Gasteiger partial charge in [0.25, 0.3) is 5.56 Å². The normalized spacial score (nSPS) is 8.62. The summed E-state index contributed by atoms with van der Waals surface area (Å²) in [6.45, 7) is 1.52. The van der Waals surface area contributed by atoms with E-state index in [0.717, 1.165) is 6.07 Å². The van der Waals surface area contributed by atoms with E-state index in [4.69, 9.17) is 11.1 Å². The smallest absolute Gasteiger partial charge is 0.859 e. The van der Waals surface area contributed by atoms with Crippen LogP contribution in [0.2, 0.25) is 0 Å². The van der Waals surface area contributed by atoms with Crippen LogP contribution in [-0.4, -0.2) is 4.68 Å². The molecule has 1 aromatic heterocycles. The Morgan fingerprint density at radius 2 is 2.23 bits per heavy atom. The van der Waals surface area contributed by atoms with E-state index in [1.807, 2.05) is 0 Å². The first kappa shape index (κ1) is 12.7. The summed E-state index contributed by atoms with van der Waals surface area (Å²) in [5.41, 5.74) is -0.478. The Hall–Kier alpha value is -0.324. The van der Waals surface area contributed by atoms with Crippen LogP contribution in [0.25, 0.3) is 0 Å². The number of hydrogen-bond acceptors (Lipinski definition) is 4. The van der Waals surface area contributed by atoms with Crippen molar-refractivity contribution in [1.82, 2.24) is 4.68 Å². The van der Waals surface area contributed by atoms with Crippen LogP contribution in [0.15, 0.2) is 10.9 Å². The zero-order valence-electron chi connectivity index (χ0n) is 7.37. The van der Waals surface area contributed by atoms with Crippen LogP contribution in [-0.2, 0) is 0 Å². The van der Waals surface area contributed by atoms with Crippen molar-refractivity contribution in [3.8, 4) is 11.9 Å². The number of aryl methyl sites for hydroxylation is 1. The summed E-state index contributed by atoms with van der Waals surface area (Å²) < 4.78 is 0.422. The van der Waals surface area contributed by atoms with E-state index in [2.05, 4.69) is 0 Å². The minimum Gasteiger partial charge on any atom is -0.859 e. The molecule has 0 aromatic carbocycles. The number of nitrogen functional groups attached to an aromatic ring is 1. The van der Waals surface area contributed by atoms with E-state index < -0.39 is 11.4 Å². The Balaban J connectivity index is 0.00000144. The largest absolute Gasteiger partial charge is 1.00 e. The molecule has 0 amide bonds. The van der Waals surface area contributed by atoms with Crippen LogP contribution in [0.1, 0.15) is 11.1 Å². The fourth-order valence-corrected chi connectivity index (χ4v) is 0.852. The van der Waals surface area contributed by atoms with Crippen LogP contribution in [0, 0.1) is 18.3 Å². The van der Waals surface area contributed by atoms with Crippen LogP contribution < -0.4 is 67.9 Å². The molecule has 1 rings (SSSR count). The quantitative estimate of drug-likeness (QED) is 0.342. The number of hydrogen-bond donors (Lipinski definition) is 1. The first-order valence-corrected chi connectivity index (χ1v) is 3.16. The monoisotopic (exact) mass is 203 g/mol. The van der Waals surface area contributed by atoms with Crippen molar-refractivity contribution in [1.29, 1.82) is 5.26 Å². The maximum atomic E-state index is 11.1. The second-order valence-electron chi connectivity index (χ2n) is 2.33. The fourth-order valence-electron chi connectivity index (χ4n) is 0.852. The Morgan fingerprint density at radius 3 is 2.69 bits per heavy atom. The molecular weight excluding hydrogens is 197 g/mol. The molecule has 62 valence electrons. The fraction of sp³-hybridized carbons (Fsp3) is 0.143. The summed E-state index contributed by atoms with van der Waals surface area (Å²) in [6.07, 6.45) is 0. The second kappa shape index (κ2) is 4.79. The molecule has 0 aliphatic rings. The SMILES string of the molecule is Cc1cc([O-])n(N)c(=O)c1C#N.[K+]. The van der Waals surface area contributed by atoms with E-state index in [0.29, 0.717) is 10.2 Å². The molecule has 0 unspecified atom stereocenters. The third-order valence-electron chi connectivity index (χ3n) is 1.52. The standard InChI is InChI=1S/C7H7N3O2.K/c1-4-2-6(11)10(9)7(12)5(4)3-8;/h2,11H,9H2,1H3;/q;+1/p-1. The van der Waals surface area contributed by atoms with Crippen molar-refractivity contribution >= 4 is 0 Å². The first-order chi connectivity index (χ1) is 5.57. The van der Waals surface area contributed by atoms with Gasteiger partial charge in [0.2, 0.25) is 0 Å². The number of nitrogens with two attached hydrogens (primary N) is 1. The van der Waals surface area contributed by atoms with E-state index >= 15 is 0 Å². The van der Waals surface area contributed by atoms with Crippen LogP contribution >= 0.6 is 0 Å². The maximum Gasteiger partial charge on any atom is 1.00 e. The van der Waals surface area contributed by atoms with Gasteiger partial charge in [0.05, 0.1) is 0 Å². The van der Waals surface area contributed by atoms with E-state index in [1.165, 1.54) is 6.92 Å². The molecule has 0 aliphatic carbocycles. The average Bonchev–Trinajstić information content (AvgIpc) is 2.01. The molecule has 0 radical (unpaired) electrons. The number of pyridine rings is 1. The Kier molecular flexibility index (Phi) is 4.67. The number of rotatable bonds is 0. The van der Waals surface area contributed by atoms with Crippen molar-refractivity contribution in [2.24, 2.45) is 0 Å². The number of nitriles is 1. The van der Waals surface area contributed by atoms with Crippen molar-refractivity contribution in [2.75, 3.05) is 5.84 Å². The van der Waals surface area contributed by atoms with Gasteiger partial charge in [-0.25, -0.2) is 4.68 Å². The zero-order chi connectivity index (χ0) is 9.30. The third kappa shape index (κ3) is 2.33. The Bertz CT molecular complexity index is 419. The van der Waals surface area contributed by atoms with Gasteiger partial charge in [-0.05, 0) is 24.4 Å². The Labute approximate surface area is 117 Å². The molecule has 1 heterocycles. The van der Waals surface area contributed by atoms with Crippen LogP contribution in [0.3, 0.4) is 0 Å². The zero-order valence-corrected chi connectivity index (χ0v) is 10.5. The topological polar surface area (TPSA) is 94.9 Å². The van der Waals surface area contributed by atoms with Crippen LogP contribution in [0.5, 0.6) is 5.88 Å². The van der Waals surface area contributed by atoms with Gasteiger partial charge < -0.3 is 10.9 Å². The van der Waals surface area contributed by atoms with Gasteiger partial charge in [-0.3, -0.25) is 4.79 Å². The van der Waals surface area contributed by atoms with E-state index in [-0.39, 0.29) is 56.9 Å². The molecule has 5 nitrogen and oxygen atoms in total. The molecule has 0 aliphatic heterocycles. The van der Waals surface area contributed by atoms with Gasteiger partial charge in [-0.15, -0.1) is 0 Å². The van der Waals surface area contributed by atoms with E-state index in [1.54, 1.807) is 6.07 Å². The molecule has 1 aromatic rings. The molecule has 0 saturated carbocycles. The van der Waals surface area contributed by atoms with Crippen molar-refractivity contribution in [3.63, 3.8) is 0 Å². The summed E-state index contributed by atoms with van der Waals surface area (Å²) in [5, 5.41) is 19.4. The van der Waals surface area contributed by atoms with Crippen molar-refractivity contribution < 1.29 is 56.5 Å². The molecule has 0 saturated heterocycles. The van der Waals surface area contributed by atoms with E-state index in [9.17, 15) is 9.90 Å². The minimum absolute atomic E-state index is 0. The molecular formula is C7H6KN3O2. The summed E-state index contributed by atoms with van der Waals surface area (Å²) in [4.78, 5) is 11.1. The van der Waals surface area contributed by atoms with Gasteiger partial charge in [-0.2, -0.15) is 5.26 Å². The predicted octanol–water partition coefficient (Wildman–Crippen LogP) is -4.18. The summed E-state index contributed by atoms with van der Waals surface area (Å²) in [7, 11) is 0.